The number of pyridine rings is 1. The van der Waals surface area contributed by atoms with Gasteiger partial charge in [0.15, 0.2) is 0 Å². The minimum Gasteiger partial charge on any atom is -0.322 e. The first-order valence-electron chi connectivity index (χ1n) is 8.51. The zero-order valence-electron chi connectivity index (χ0n) is 15.1. The van der Waals surface area contributed by atoms with Gasteiger partial charge < -0.3 is 5.32 Å². The molecule has 0 spiro atoms. The van der Waals surface area contributed by atoms with E-state index in [1.165, 1.54) is 43.5 Å². The number of aryl methyl sites for hydroxylation is 1. The Morgan fingerprint density at radius 3 is 2.24 bits per heavy atom. The minimum atomic E-state index is -4.51. The van der Waals surface area contributed by atoms with Crippen molar-refractivity contribution in [2.24, 2.45) is 0 Å². The molecule has 0 radical (unpaired) electrons. The van der Waals surface area contributed by atoms with E-state index in [0.717, 1.165) is 18.3 Å². The number of hydrogen-bond donors (Lipinski definition) is 1. The van der Waals surface area contributed by atoms with Gasteiger partial charge in [-0.15, -0.1) is 0 Å². The molecule has 0 aliphatic carbocycles. The highest BCUT2D eigenvalue weighted by molar-refractivity contribution is 6.04. The largest absolute Gasteiger partial charge is 0.418 e. The second-order valence-electron chi connectivity index (χ2n) is 6.46. The third kappa shape index (κ3) is 4.77. The van der Waals surface area contributed by atoms with E-state index < -0.39 is 34.8 Å². The van der Waals surface area contributed by atoms with Crippen LogP contribution < -0.4 is 5.32 Å². The molecule has 0 unspecified atom stereocenters. The number of benzene rings is 2. The number of aromatic nitrogens is 1. The third-order valence-corrected chi connectivity index (χ3v) is 4.24. The lowest BCUT2D eigenvalue weighted by Gasteiger charge is -2.12. The van der Waals surface area contributed by atoms with Crippen LogP contribution in [0.4, 0.5) is 27.6 Å². The molecule has 0 atom stereocenters. The molecule has 3 nitrogen and oxygen atoms in total. The Hall–Kier alpha value is -3.29. The predicted octanol–water partition coefficient (Wildman–Crippen LogP) is 5.53. The molecule has 1 heterocycles. The maximum Gasteiger partial charge on any atom is 0.418 e. The third-order valence-electron chi connectivity index (χ3n) is 4.24. The summed E-state index contributed by atoms with van der Waals surface area (Å²) in [5.41, 5.74) is -0.298. The van der Waals surface area contributed by atoms with Crippen LogP contribution >= 0.6 is 0 Å². The topological polar surface area (TPSA) is 42.0 Å². The Morgan fingerprint density at radius 2 is 1.66 bits per heavy atom. The SMILES string of the molecule is Cc1cc(F)c(C(=O)Nc2ccc(Cc3ccncc3C(F)(F)F)cc2)c(F)c1. The van der Waals surface area contributed by atoms with Gasteiger partial charge in [-0.1, -0.05) is 12.1 Å². The van der Waals surface area contributed by atoms with Crippen molar-refractivity contribution in [2.45, 2.75) is 19.5 Å². The lowest BCUT2D eigenvalue weighted by Crippen LogP contribution is -2.16. The van der Waals surface area contributed by atoms with Crippen molar-refractivity contribution in [3.05, 3.63) is 94.3 Å². The highest BCUT2D eigenvalue weighted by Crippen LogP contribution is 2.32. The number of carbonyl (C=O) groups is 1. The lowest BCUT2D eigenvalue weighted by atomic mass is 10.0. The second-order valence-corrected chi connectivity index (χ2v) is 6.46. The number of nitrogens with zero attached hydrogens (tertiary/aromatic N) is 1. The van der Waals surface area contributed by atoms with Crippen LogP contribution in [0.5, 0.6) is 0 Å². The van der Waals surface area contributed by atoms with Crippen LogP contribution in [-0.4, -0.2) is 10.9 Å². The summed E-state index contributed by atoms with van der Waals surface area (Å²) in [6, 6.07) is 9.34. The molecule has 2 aromatic carbocycles. The van der Waals surface area contributed by atoms with Gasteiger partial charge in [0.05, 0.1) is 5.56 Å². The average Bonchev–Trinajstić information content (AvgIpc) is 2.62. The fourth-order valence-electron chi connectivity index (χ4n) is 2.87. The van der Waals surface area contributed by atoms with Gasteiger partial charge in [0.1, 0.15) is 17.2 Å². The number of amides is 1. The minimum absolute atomic E-state index is 0.00675. The number of halogens is 5. The van der Waals surface area contributed by atoms with E-state index in [1.54, 1.807) is 0 Å². The molecule has 0 fully saturated rings. The lowest BCUT2D eigenvalue weighted by molar-refractivity contribution is -0.138. The molecule has 0 aliphatic heterocycles. The van der Waals surface area contributed by atoms with Crippen molar-refractivity contribution < 1.29 is 26.7 Å². The number of rotatable bonds is 4. The number of alkyl halides is 3. The van der Waals surface area contributed by atoms with E-state index in [2.05, 4.69) is 10.3 Å². The van der Waals surface area contributed by atoms with Gasteiger partial charge in [-0.2, -0.15) is 13.2 Å². The fraction of sp³-hybridized carbons (Fsp3) is 0.143. The Kier molecular flexibility index (Phi) is 5.63. The van der Waals surface area contributed by atoms with Crippen LogP contribution in [0.3, 0.4) is 0 Å². The summed E-state index contributed by atoms with van der Waals surface area (Å²) in [4.78, 5) is 15.7. The molecule has 0 saturated heterocycles. The smallest absolute Gasteiger partial charge is 0.322 e. The summed E-state index contributed by atoms with van der Waals surface area (Å²) >= 11 is 0. The Morgan fingerprint density at radius 1 is 1.03 bits per heavy atom. The van der Waals surface area contributed by atoms with Gasteiger partial charge in [0.2, 0.25) is 0 Å². The molecule has 0 saturated carbocycles. The summed E-state index contributed by atoms with van der Waals surface area (Å²) in [5.74, 6) is -2.91. The van der Waals surface area contributed by atoms with Crippen LogP contribution in [0.25, 0.3) is 0 Å². The van der Waals surface area contributed by atoms with E-state index in [-0.39, 0.29) is 17.7 Å². The monoisotopic (exact) mass is 406 g/mol. The van der Waals surface area contributed by atoms with E-state index in [0.29, 0.717) is 11.1 Å². The summed E-state index contributed by atoms with van der Waals surface area (Å²) < 4.78 is 67.0. The zero-order valence-corrected chi connectivity index (χ0v) is 15.1. The zero-order chi connectivity index (χ0) is 21.2. The molecule has 1 aromatic heterocycles. The van der Waals surface area contributed by atoms with Gasteiger partial charge in [-0.05, 0) is 60.4 Å². The maximum absolute atomic E-state index is 13.9. The summed E-state index contributed by atoms with van der Waals surface area (Å²) in [6.45, 7) is 1.50. The highest BCUT2D eigenvalue weighted by atomic mass is 19.4. The molecule has 0 bridgehead atoms. The van der Waals surface area contributed by atoms with Crippen LogP contribution in [0, 0.1) is 18.6 Å². The summed E-state index contributed by atoms with van der Waals surface area (Å²) in [6.07, 6.45) is -2.45. The molecule has 3 aromatic rings. The summed E-state index contributed by atoms with van der Waals surface area (Å²) in [7, 11) is 0. The van der Waals surface area contributed by atoms with E-state index in [4.69, 9.17) is 0 Å². The fourth-order valence-corrected chi connectivity index (χ4v) is 2.87. The molecular weight excluding hydrogens is 391 g/mol. The first kappa shape index (κ1) is 20.4. The van der Waals surface area contributed by atoms with Crippen molar-refractivity contribution in [2.75, 3.05) is 5.32 Å². The molecule has 3 rings (SSSR count). The molecule has 8 heteroatoms. The Balaban J connectivity index is 1.76. The number of anilines is 1. The standard InChI is InChI=1S/C21H15F5N2O/c1-12-8-17(22)19(18(23)9-12)20(29)28-15-4-2-13(3-5-15)10-14-6-7-27-11-16(14)21(24,25)26/h2-9,11H,10H2,1H3,(H,28,29). The molecular formula is C21H15F5N2O. The van der Waals surface area contributed by atoms with Crippen molar-refractivity contribution in [3.8, 4) is 0 Å². The van der Waals surface area contributed by atoms with Gasteiger partial charge >= 0.3 is 6.18 Å². The van der Waals surface area contributed by atoms with Crippen LogP contribution in [-0.2, 0) is 12.6 Å². The van der Waals surface area contributed by atoms with E-state index >= 15 is 0 Å². The molecule has 29 heavy (non-hydrogen) atoms. The summed E-state index contributed by atoms with van der Waals surface area (Å²) in [5, 5.41) is 2.38. The first-order valence-corrected chi connectivity index (χ1v) is 8.51. The first-order chi connectivity index (χ1) is 13.6. The van der Waals surface area contributed by atoms with Gasteiger partial charge in [0, 0.05) is 18.1 Å². The second kappa shape index (κ2) is 7.98. The van der Waals surface area contributed by atoms with Gasteiger partial charge in [-0.3, -0.25) is 9.78 Å². The van der Waals surface area contributed by atoms with Crippen molar-refractivity contribution in [3.63, 3.8) is 0 Å². The number of carbonyl (C=O) groups excluding carboxylic acids is 1. The average molecular weight is 406 g/mol. The van der Waals surface area contributed by atoms with E-state index in [1.807, 2.05) is 0 Å². The van der Waals surface area contributed by atoms with Crippen molar-refractivity contribution in [1.29, 1.82) is 0 Å². The molecule has 1 amide bonds. The molecule has 150 valence electrons. The van der Waals surface area contributed by atoms with Crippen molar-refractivity contribution >= 4 is 11.6 Å². The predicted molar refractivity (Wildman–Crippen MR) is 97.5 cm³/mol. The van der Waals surface area contributed by atoms with Crippen LogP contribution in [0.15, 0.2) is 54.9 Å². The normalized spacial score (nSPS) is 11.4. The van der Waals surface area contributed by atoms with Gasteiger partial charge in [0.25, 0.3) is 5.91 Å². The van der Waals surface area contributed by atoms with E-state index in [9.17, 15) is 26.7 Å². The van der Waals surface area contributed by atoms with Crippen molar-refractivity contribution in [1.82, 2.24) is 4.98 Å². The van der Waals surface area contributed by atoms with Crippen LogP contribution in [0.1, 0.15) is 32.6 Å². The number of nitrogens with one attached hydrogen (secondary N) is 1. The van der Waals surface area contributed by atoms with Gasteiger partial charge in [-0.25, -0.2) is 8.78 Å². The maximum atomic E-state index is 13.9. The highest BCUT2D eigenvalue weighted by Gasteiger charge is 2.33. The quantitative estimate of drug-likeness (QED) is 0.579. The van der Waals surface area contributed by atoms with Crippen LogP contribution in [0.2, 0.25) is 0 Å². The molecule has 1 N–H and O–H groups in total. The Labute approximate surface area is 163 Å². The Bertz CT molecular complexity index is 1020. The molecule has 0 aliphatic rings. The number of hydrogen-bond acceptors (Lipinski definition) is 2.